The number of aromatic nitrogens is 1. The van der Waals surface area contributed by atoms with Gasteiger partial charge in [-0.15, -0.1) is 0 Å². The molecule has 3 atom stereocenters. The van der Waals surface area contributed by atoms with Gasteiger partial charge in [-0.05, 0) is 61.6 Å². The van der Waals surface area contributed by atoms with Crippen LogP contribution in [-0.4, -0.2) is 39.9 Å². The van der Waals surface area contributed by atoms with E-state index < -0.39 is 0 Å². The summed E-state index contributed by atoms with van der Waals surface area (Å²) in [5.74, 6) is 1.14. The Morgan fingerprint density at radius 3 is 2.71 bits per heavy atom. The molecule has 2 aromatic rings. The van der Waals surface area contributed by atoms with Crippen LogP contribution in [0.2, 0.25) is 0 Å². The molecule has 3 aliphatic rings. The van der Waals surface area contributed by atoms with Crippen LogP contribution in [0.1, 0.15) is 55.1 Å². The second-order valence-corrected chi connectivity index (χ2v) is 9.06. The Morgan fingerprint density at radius 2 is 2.00 bits per heavy atom. The second kappa shape index (κ2) is 7.43. The van der Waals surface area contributed by atoms with E-state index in [1.165, 1.54) is 47.9 Å². The standard InChI is InChI=1S/C23H28N4S/c1-3-17-15-28-23-25-21(20-8-4-5-11-24-20)22(27(17)23)19-10-9-18(14-16(19)2)26-12-6-7-13-26/h4-5,8-11,14,17,21-22H,3,6-7,12-13,15H2,1-2H3/t17-,21+,22+/m0/s1. The minimum atomic E-state index is 0.0781. The third kappa shape index (κ3) is 3.00. The van der Waals surface area contributed by atoms with Gasteiger partial charge in [0.25, 0.3) is 0 Å². The van der Waals surface area contributed by atoms with Crippen molar-refractivity contribution in [1.82, 2.24) is 9.88 Å². The van der Waals surface area contributed by atoms with Crippen LogP contribution in [0.25, 0.3) is 0 Å². The van der Waals surface area contributed by atoms with Crippen molar-refractivity contribution in [3.05, 3.63) is 59.4 Å². The number of amidine groups is 1. The maximum Gasteiger partial charge on any atom is 0.160 e. The van der Waals surface area contributed by atoms with Crippen LogP contribution >= 0.6 is 11.8 Å². The van der Waals surface area contributed by atoms with Crippen molar-refractivity contribution in [3.63, 3.8) is 0 Å². The summed E-state index contributed by atoms with van der Waals surface area (Å²) in [5.41, 5.74) is 5.22. The molecule has 0 radical (unpaired) electrons. The van der Waals surface area contributed by atoms with Crippen LogP contribution in [0.4, 0.5) is 5.69 Å². The van der Waals surface area contributed by atoms with Crippen molar-refractivity contribution >= 4 is 22.6 Å². The molecule has 0 unspecified atom stereocenters. The number of benzene rings is 1. The molecule has 5 heteroatoms. The fourth-order valence-electron chi connectivity index (χ4n) is 4.85. The van der Waals surface area contributed by atoms with Gasteiger partial charge in [0.15, 0.2) is 5.17 Å². The normalized spacial score (nSPS) is 26.6. The van der Waals surface area contributed by atoms with Crippen LogP contribution < -0.4 is 4.90 Å². The van der Waals surface area contributed by atoms with Gasteiger partial charge < -0.3 is 9.80 Å². The number of thioether (sulfide) groups is 1. The van der Waals surface area contributed by atoms with Crippen molar-refractivity contribution < 1.29 is 0 Å². The predicted molar refractivity (Wildman–Crippen MR) is 118 cm³/mol. The molecule has 0 saturated carbocycles. The van der Waals surface area contributed by atoms with Gasteiger partial charge in [0.1, 0.15) is 6.04 Å². The zero-order valence-corrected chi connectivity index (χ0v) is 17.5. The van der Waals surface area contributed by atoms with Crippen molar-refractivity contribution in [2.75, 3.05) is 23.7 Å². The molecule has 28 heavy (non-hydrogen) atoms. The molecule has 4 nitrogen and oxygen atoms in total. The van der Waals surface area contributed by atoms with Gasteiger partial charge in [-0.2, -0.15) is 0 Å². The van der Waals surface area contributed by atoms with E-state index >= 15 is 0 Å². The molecule has 0 spiro atoms. The van der Waals surface area contributed by atoms with E-state index in [1.54, 1.807) is 0 Å². The molecule has 0 bridgehead atoms. The molecule has 5 rings (SSSR count). The first-order valence-corrected chi connectivity index (χ1v) is 11.5. The number of hydrogen-bond acceptors (Lipinski definition) is 5. The van der Waals surface area contributed by atoms with E-state index in [-0.39, 0.29) is 12.1 Å². The van der Waals surface area contributed by atoms with Crippen LogP contribution in [-0.2, 0) is 0 Å². The van der Waals surface area contributed by atoms with Crippen LogP contribution in [0.3, 0.4) is 0 Å². The number of pyridine rings is 1. The highest BCUT2D eigenvalue weighted by Gasteiger charge is 2.45. The fraction of sp³-hybridized carbons (Fsp3) is 0.478. The maximum atomic E-state index is 5.15. The third-order valence-electron chi connectivity index (χ3n) is 6.37. The highest BCUT2D eigenvalue weighted by Crippen LogP contribution is 2.49. The largest absolute Gasteiger partial charge is 0.372 e. The topological polar surface area (TPSA) is 31.7 Å². The van der Waals surface area contributed by atoms with Gasteiger partial charge in [0.2, 0.25) is 0 Å². The van der Waals surface area contributed by atoms with Crippen molar-refractivity contribution in [3.8, 4) is 0 Å². The minimum Gasteiger partial charge on any atom is -0.372 e. The Hall–Kier alpha value is -2.01. The number of hydrogen-bond donors (Lipinski definition) is 0. The number of anilines is 1. The highest BCUT2D eigenvalue weighted by molar-refractivity contribution is 8.14. The highest BCUT2D eigenvalue weighted by atomic mass is 32.2. The first-order chi connectivity index (χ1) is 13.8. The summed E-state index contributed by atoms with van der Waals surface area (Å²) in [4.78, 5) is 14.9. The van der Waals surface area contributed by atoms with E-state index in [2.05, 4.69) is 59.0 Å². The Morgan fingerprint density at radius 1 is 1.14 bits per heavy atom. The summed E-state index contributed by atoms with van der Waals surface area (Å²) < 4.78 is 0. The lowest BCUT2D eigenvalue weighted by atomic mass is 9.91. The molecule has 0 aliphatic carbocycles. The first kappa shape index (κ1) is 18.0. The smallest absolute Gasteiger partial charge is 0.160 e. The first-order valence-electron chi connectivity index (χ1n) is 10.5. The lowest BCUT2D eigenvalue weighted by molar-refractivity contribution is 0.254. The van der Waals surface area contributed by atoms with Crippen LogP contribution in [0, 0.1) is 6.92 Å². The number of aliphatic imine (C=N–C) groups is 1. The zero-order chi connectivity index (χ0) is 19.1. The Labute approximate surface area is 172 Å². The quantitative estimate of drug-likeness (QED) is 0.735. The van der Waals surface area contributed by atoms with Crippen molar-refractivity contribution in [2.24, 2.45) is 4.99 Å². The molecule has 1 aromatic heterocycles. The summed E-state index contributed by atoms with van der Waals surface area (Å²) in [6, 6.07) is 14.1. The SMILES string of the molecule is CC[C@H]1CSC2=N[C@H](c3ccccn3)[C@@H](c3ccc(N4CCCC4)cc3C)N21. The lowest BCUT2D eigenvalue weighted by Gasteiger charge is -2.33. The molecular weight excluding hydrogens is 364 g/mol. The molecule has 3 aliphatic heterocycles. The molecule has 2 saturated heterocycles. The molecule has 1 aromatic carbocycles. The Balaban J connectivity index is 1.55. The summed E-state index contributed by atoms with van der Waals surface area (Å²) in [6.45, 7) is 6.94. The molecule has 0 N–H and O–H groups in total. The molecule has 0 amide bonds. The summed E-state index contributed by atoms with van der Waals surface area (Å²) >= 11 is 1.91. The molecular formula is C23H28N4S. The van der Waals surface area contributed by atoms with E-state index in [0.717, 1.165) is 17.9 Å². The molecule has 146 valence electrons. The minimum absolute atomic E-state index is 0.0781. The van der Waals surface area contributed by atoms with Gasteiger partial charge in [0, 0.05) is 36.8 Å². The van der Waals surface area contributed by atoms with E-state index in [1.807, 2.05) is 24.0 Å². The maximum absolute atomic E-state index is 5.15. The summed E-state index contributed by atoms with van der Waals surface area (Å²) in [7, 11) is 0. The van der Waals surface area contributed by atoms with Gasteiger partial charge >= 0.3 is 0 Å². The van der Waals surface area contributed by atoms with Gasteiger partial charge in [-0.3, -0.25) is 9.98 Å². The van der Waals surface area contributed by atoms with Crippen molar-refractivity contribution in [1.29, 1.82) is 0 Å². The average molecular weight is 393 g/mol. The van der Waals surface area contributed by atoms with Crippen LogP contribution in [0.5, 0.6) is 0 Å². The van der Waals surface area contributed by atoms with Gasteiger partial charge in [0.05, 0.1) is 11.7 Å². The van der Waals surface area contributed by atoms with Gasteiger partial charge in [-0.1, -0.05) is 30.8 Å². The van der Waals surface area contributed by atoms with Crippen molar-refractivity contribution in [2.45, 2.75) is 51.2 Å². The number of fused-ring (bicyclic) bond motifs is 1. The second-order valence-electron chi connectivity index (χ2n) is 8.07. The number of rotatable bonds is 4. The Kier molecular flexibility index (Phi) is 4.79. The zero-order valence-electron chi connectivity index (χ0n) is 16.7. The molecule has 2 fully saturated rings. The summed E-state index contributed by atoms with van der Waals surface area (Å²) in [5, 5.41) is 1.20. The number of nitrogens with zero attached hydrogens (tertiary/aromatic N) is 4. The van der Waals surface area contributed by atoms with Crippen LogP contribution in [0.15, 0.2) is 47.6 Å². The predicted octanol–water partition coefficient (Wildman–Crippen LogP) is 4.97. The molecule has 4 heterocycles. The van der Waals surface area contributed by atoms with E-state index in [9.17, 15) is 0 Å². The summed E-state index contributed by atoms with van der Waals surface area (Å²) in [6.07, 6.45) is 5.67. The van der Waals surface area contributed by atoms with Gasteiger partial charge in [-0.25, -0.2) is 0 Å². The number of aryl methyl sites for hydroxylation is 1. The third-order valence-corrected chi connectivity index (χ3v) is 7.50. The van der Waals surface area contributed by atoms with E-state index in [0.29, 0.717) is 6.04 Å². The monoisotopic (exact) mass is 392 g/mol. The van der Waals surface area contributed by atoms with E-state index in [4.69, 9.17) is 4.99 Å². The Bertz CT molecular complexity index is 875. The average Bonchev–Trinajstić information content (AvgIpc) is 3.45. The fourth-order valence-corrected chi connectivity index (χ4v) is 6.19. The lowest BCUT2D eigenvalue weighted by Crippen LogP contribution is -2.35.